The SMILES string of the molecule is CCOCc1ccccc1CNC(=NC)N1CCSC(CC)C1. The molecule has 1 unspecified atom stereocenters. The van der Waals surface area contributed by atoms with Gasteiger partial charge in [0.05, 0.1) is 6.61 Å². The van der Waals surface area contributed by atoms with E-state index in [9.17, 15) is 0 Å². The van der Waals surface area contributed by atoms with E-state index >= 15 is 0 Å². The Morgan fingerprint density at radius 3 is 2.83 bits per heavy atom. The second-order valence-electron chi connectivity index (χ2n) is 5.65. The van der Waals surface area contributed by atoms with Crippen molar-refractivity contribution in [1.29, 1.82) is 0 Å². The van der Waals surface area contributed by atoms with Crippen molar-refractivity contribution in [1.82, 2.24) is 10.2 Å². The highest BCUT2D eigenvalue weighted by atomic mass is 32.2. The van der Waals surface area contributed by atoms with Crippen molar-refractivity contribution >= 4 is 17.7 Å². The van der Waals surface area contributed by atoms with Crippen molar-refractivity contribution in [2.45, 2.75) is 38.7 Å². The molecule has 1 aromatic carbocycles. The van der Waals surface area contributed by atoms with E-state index in [1.54, 1.807) is 0 Å². The largest absolute Gasteiger partial charge is 0.377 e. The summed E-state index contributed by atoms with van der Waals surface area (Å²) in [5, 5.41) is 4.24. The minimum Gasteiger partial charge on any atom is -0.377 e. The van der Waals surface area contributed by atoms with Crippen LogP contribution >= 0.6 is 11.8 Å². The molecule has 4 nitrogen and oxygen atoms in total. The molecule has 0 aliphatic carbocycles. The van der Waals surface area contributed by atoms with Crippen LogP contribution in [-0.4, -0.2) is 48.6 Å². The van der Waals surface area contributed by atoms with E-state index in [-0.39, 0.29) is 0 Å². The first-order valence-corrected chi connectivity index (χ1v) is 9.55. The number of hydrogen-bond donors (Lipinski definition) is 1. The molecular formula is C18H29N3OS. The average molecular weight is 336 g/mol. The Morgan fingerprint density at radius 1 is 1.35 bits per heavy atom. The third-order valence-corrected chi connectivity index (χ3v) is 5.49. The third kappa shape index (κ3) is 5.43. The lowest BCUT2D eigenvalue weighted by Crippen LogP contribution is -2.47. The van der Waals surface area contributed by atoms with Gasteiger partial charge in [0.1, 0.15) is 0 Å². The number of nitrogens with zero attached hydrogens (tertiary/aromatic N) is 2. The Labute approximate surface area is 144 Å². The summed E-state index contributed by atoms with van der Waals surface area (Å²) in [4.78, 5) is 6.86. The third-order valence-electron chi connectivity index (χ3n) is 4.12. The maximum atomic E-state index is 5.57. The van der Waals surface area contributed by atoms with Crippen LogP contribution in [0.3, 0.4) is 0 Å². The highest BCUT2D eigenvalue weighted by Crippen LogP contribution is 2.21. The Kier molecular flexibility index (Phi) is 7.76. The van der Waals surface area contributed by atoms with Crippen molar-refractivity contribution < 1.29 is 4.74 Å². The molecule has 0 bridgehead atoms. The van der Waals surface area contributed by atoms with E-state index in [4.69, 9.17) is 4.74 Å². The number of nitrogens with one attached hydrogen (secondary N) is 1. The van der Waals surface area contributed by atoms with Gasteiger partial charge in [-0.1, -0.05) is 31.2 Å². The topological polar surface area (TPSA) is 36.9 Å². The van der Waals surface area contributed by atoms with Gasteiger partial charge in [0, 0.05) is 44.3 Å². The maximum absolute atomic E-state index is 5.57. The first-order chi connectivity index (χ1) is 11.3. The van der Waals surface area contributed by atoms with Crippen molar-refractivity contribution in [3.05, 3.63) is 35.4 Å². The summed E-state index contributed by atoms with van der Waals surface area (Å²) in [5.74, 6) is 2.19. The number of rotatable bonds is 6. The summed E-state index contributed by atoms with van der Waals surface area (Å²) in [5.41, 5.74) is 2.53. The Morgan fingerprint density at radius 2 is 2.13 bits per heavy atom. The summed E-state index contributed by atoms with van der Waals surface area (Å²) < 4.78 is 5.57. The van der Waals surface area contributed by atoms with E-state index in [1.807, 2.05) is 14.0 Å². The number of hydrogen-bond acceptors (Lipinski definition) is 3. The first-order valence-electron chi connectivity index (χ1n) is 8.50. The van der Waals surface area contributed by atoms with E-state index in [2.05, 4.69) is 58.2 Å². The number of aliphatic imine (C=N–C) groups is 1. The normalized spacial score (nSPS) is 19.0. The number of ether oxygens (including phenoxy) is 1. The van der Waals surface area contributed by atoms with E-state index in [0.29, 0.717) is 11.9 Å². The van der Waals surface area contributed by atoms with Crippen LogP contribution in [0.2, 0.25) is 0 Å². The molecule has 0 saturated carbocycles. The van der Waals surface area contributed by atoms with Crippen LogP contribution < -0.4 is 5.32 Å². The van der Waals surface area contributed by atoms with Crippen molar-refractivity contribution in [3.8, 4) is 0 Å². The molecule has 1 aromatic rings. The fraction of sp³-hybridized carbons (Fsp3) is 0.611. The van der Waals surface area contributed by atoms with Gasteiger partial charge in [0.2, 0.25) is 0 Å². The molecule has 0 amide bonds. The molecule has 1 N–H and O–H groups in total. The van der Waals surface area contributed by atoms with E-state index in [1.165, 1.54) is 23.3 Å². The molecule has 1 heterocycles. The highest BCUT2D eigenvalue weighted by Gasteiger charge is 2.21. The van der Waals surface area contributed by atoms with Crippen LogP contribution in [-0.2, 0) is 17.9 Å². The number of benzene rings is 1. The molecule has 1 aliphatic heterocycles. The second-order valence-corrected chi connectivity index (χ2v) is 7.06. The molecule has 2 rings (SSSR count). The second kappa shape index (κ2) is 9.83. The zero-order valence-corrected chi connectivity index (χ0v) is 15.4. The zero-order chi connectivity index (χ0) is 16.5. The van der Waals surface area contributed by atoms with Crippen LogP contribution in [0.1, 0.15) is 31.4 Å². The van der Waals surface area contributed by atoms with Gasteiger partial charge < -0.3 is 15.0 Å². The van der Waals surface area contributed by atoms with E-state index in [0.717, 1.165) is 32.2 Å². The van der Waals surface area contributed by atoms with Crippen LogP contribution in [0.4, 0.5) is 0 Å². The summed E-state index contributed by atoms with van der Waals surface area (Å²) in [7, 11) is 1.87. The molecular weight excluding hydrogens is 306 g/mol. The minimum atomic E-state index is 0.672. The molecule has 1 atom stereocenters. The standard InChI is InChI=1S/C18H29N3OS/c1-4-17-13-21(10-11-23-17)18(19-3)20-12-15-8-6-7-9-16(15)14-22-5-2/h6-9,17H,4-5,10-14H2,1-3H3,(H,19,20). The first kappa shape index (κ1) is 18.1. The van der Waals surface area contributed by atoms with Crippen molar-refractivity contribution in [2.75, 3.05) is 32.5 Å². The van der Waals surface area contributed by atoms with Gasteiger partial charge in [-0.3, -0.25) is 4.99 Å². The molecule has 1 saturated heterocycles. The van der Waals surface area contributed by atoms with Gasteiger partial charge in [0.15, 0.2) is 5.96 Å². The predicted molar refractivity (Wildman–Crippen MR) is 100 cm³/mol. The van der Waals surface area contributed by atoms with Gasteiger partial charge in [-0.05, 0) is 24.5 Å². The Hall–Kier alpha value is -1.20. The molecule has 0 radical (unpaired) electrons. The van der Waals surface area contributed by atoms with E-state index < -0.39 is 0 Å². The smallest absolute Gasteiger partial charge is 0.193 e. The van der Waals surface area contributed by atoms with Crippen molar-refractivity contribution in [3.63, 3.8) is 0 Å². The summed E-state index contributed by atoms with van der Waals surface area (Å²) in [6.45, 7) is 8.65. The van der Waals surface area contributed by atoms with Crippen LogP contribution in [0, 0.1) is 0 Å². The van der Waals surface area contributed by atoms with Gasteiger partial charge in [-0.15, -0.1) is 0 Å². The quantitative estimate of drug-likeness (QED) is 0.640. The van der Waals surface area contributed by atoms with Crippen molar-refractivity contribution in [2.24, 2.45) is 4.99 Å². The predicted octanol–water partition coefficient (Wildman–Crippen LogP) is 3.13. The average Bonchev–Trinajstić information content (AvgIpc) is 2.61. The summed E-state index contributed by atoms with van der Waals surface area (Å²) in [6.07, 6.45) is 1.22. The van der Waals surface area contributed by atoms with Crippen LogP contribution in [0.5, 0.6) is 0 Å². The minimum absolute atomic E-state index is 0.672. The molecule has 1 aliphatic rings. The number of guanidine groups is 1. The van der Waals surface area contributed by atoms with Crippen LogP contribution in [0.25, 0.3) is 0 Å². The molecule has 0 spiro atoms. The van der Waals surface area contributed by atoms with Gasteiger partial charge in [-0.2, -0.15) is 11.8 Å². The van der Waals surface area contributed by atoms with Crippen LogP contribution in [0.15, 0.2) is 29.3 Å². The Balaban J connectivity index is 1.95. The summed E-state index contributed by atoms with van der Waals surface area (Å²) in [6, 6.07) is 8.45. The fourth-order valence-electron chi connectivity index (χ4n) is 2.75. The van der Waals surface area contributed by atoms with Gasteiger partial charge in [-0.25, -0.2) is 0 Å². The molecule has 128 valence electrons. The lowest BCUT2D eigenvalue weighted by molar-refractivity contribution is 0.133. The molecule has 0 aromatic heterocycles. The summed E-state index contributed by atoms with van der Waals surface area (Å²) >= 11 is 2.08. The fourth-order valence-corrected chi connectivity index (χ4v) is 3.93. The zero-order valence-electron chi connectivity index (χ0n) is 14.5. The lowest BCUT2D eigenvalue weighted by atomic mass is 10.1. The number of thioether (sulfide) groups is 1. The molecule has 23 heavy (non-hydrogen) atoms. The monoisotopic (exact) mass is 335 g/mol. The lowest BCUT2D eigenvalue weighted by Gasteiger charge is -2.34. The Bertz CT molecular complexity index is 507. The van der Waals surface area contributed by atoms with Gasteiger partial charge in [0.25, 0.3) is 0 Å². The molecule has 1 fully saturated rings. The molecule has 5 heteroatoms. The highest BCUT2D eigenvalue weighted by molar-refractivity contribution is 8.00. The van der Waals surface area contributed by atoms with Gasteiger partial charge >= 0.3 is 0 Å². The maximum Gasteiger partial charge on any atom is 0.193 e.